The predicted octanol–water partition coefficient (Wildman–Crippen LogP) is 3.18. The van der Waals surface area contributed by atoms with Crippen molar-refractivity contribution in [3.8, 4) is 0 Å². The molecule has 0 N–H and O–H groups in total. The fraction of sp³-hybridized carbons (Fsp3) is 0.632. The average molecular weight is 349 g/mol. The standard InChI is InChI=1S/C19H27NO3S/c1-14-9-15(2)11-16(10-14)17-5-4-8-20(17)18(21)12-19(6-7-19)13-24(3,22)23/h9-11,17H,4-8,12-13H2,1-3H3. The summed E-state index contributed by atoms with van der Waals surface area (Å²) in [5, 5.41) is 0. The van der Waals surface area contributed by atoms with E-state index in [0.29, 0.717) is 6.42 Å². The first-order chi connectivity index (χ1) is 11.2. The van der Waals surface area contributed by atoms with Crippen LogP contribution in [0.25, 0.3) is 0 Å². The minimum atomic E-state index is -3.04. The van der Waals surface area contributed by atoms with Crippen LogP contribution in [0, 0.1) is 19.3 Å². The number of carbonyl (C=O) groups excluding carboxylic acids is 1. The first kappa shape index (κ1) is 17.5. The van der Waals surface area contributed by atoms with Gasteiger partial charge in [0.2, 0.25) is 5.91 Å². The van der Waals surface area contributed by atoms with E-state index in [9.17, 15) is 13.2 Å². The Bertz CT molecular complexity index is 730. The lowest BCUT2D eigenvalue weighted by Crippen LogP contribution is -2.33. The van der Waals surface area contributed by atoms with Crippen LogP contribution in [0.3, 0.4) is 0 Å². The average Bonchev–Trinajstić information content (AvgIpc) is 3.00. The van der Waals surface area contributed by atoms with Gasteiger partial charge in [0.15, 0.2) is 0 Å². The number of hydrogen-bond acceptors (Lipinski definition) is 3. The van der Waals surface area contributed by atoms with Gasteiger partial charge in [0.25, 0.3) is 0 Å². The molecule has 24 heavy (non-hydrogen) atoms. The molecule has 1 aliphatic heterocycles. The van der Waals surface area contributed by atoms with Crippen LogP contribution < -0.4 is 0 Å². The molecule has 4 nitrogen and oxygen atoms in total. The Morgan fingerprint density at radius 1 is 1.21 bits per heavy atom. The molecule has 5 heteroatoms. The van der Waals surface area contributed by atoms with Crippen molar-refractivity contribution < 1.29 is 13.2 Å². The smallest absolute Gasteiger partial charge is 0.223 e. The minimum absolute atomic E-state index is 0.123. The molecule has 1 heterocycles. The molecule has 1 aliphatic carbocycles. The quantitative estimate of drug-likeness (QED) is 0.820. The highest BCUT2D eigenvalue weighted by Gasteiger charge is 2.48. The maximum atomic E-state index is 12.9. The molecule has 2 aliphatic rings. The summed E-state index contributed by atoms with van der Waals surface area (Å²) in [6, 6.07) is 6.64. The van der Waals surface area contributed by atoms with Crippen LogP contribution in [0.15, 0.2) is 18.2 Å². The third-order valence-corrected chi connectivity index (χ3v) is 6.39. The second-order valence-electron chi connectivity index (χ2n) is 7.91. The van der Waals surface area contributed by atoms with Crippen molar-refractivity contribution in [1.82, 2.24) is 4.90 Å². The molecule has 1 saturated carbocycles. The molecule has 1 saturated heterocycles. The fourth-order valence-corrected chi connectivity index (χ4v) is 5.64. The molecular weight excluding hydrogens is 322 g/mol. The van der Waals surface area contributed by atoms with Gasteiger partial charge in [0, 0.05) is 19.2 Å². The maximum absolute atomic E-state index is 12.9. The summed E-state index contributed by atoms with van der Waals surface area (Å²) in [7, 11) is -3.04. The van der Waals surface area contributed by atoms with Crippen LogP contribution in [0.5, 0.6) is 0 Å². The maximum Gasteiger partial charge on any atom is 0.223 e. The number of carbonyl (C=O) groups is 1. The van der Waals surface area contributed by atoms with Gasteiger partial charge in [-0.1, -0.05) is 29.3 Å². The van der Waals surface area contributed by atoms with Crippen LogP contribution in [-0.2, 0) is 14.6 Å². The van der Waals surface area contributed by atoms with Crippen molar-refractivity contribution >= 4 is 15.7 Å². The van der Waals surface area contributed by atoms with E-state index >= 15 is 0 Å². The highest BCUT2D eigenvalue weighted by Crippen LogP contribution is 2.50. The van der Waals surface area contributed by atoms with Crippen LogP contribution in [0.2, 0.25) is 0 Å². The predicted molar refractivity (Wildman–Crippen MR) is 95.6 cm³/mol. The van der Waals surface area contributed by atoms with Crippen molar-refractivity contribution in [1.29, 1.82) is 0 Å². The molecule has 0 spiro atoms. The number of hydrogen-bond donors (Lipinski definition) is 0. The van der Waals surface area contributed by atoms with E-state index in [4.69, 9.17) is 0 Å². The third kappa shape index (κ3) is 4.00. The topological polar surface area (TPSA) is 54.5 Å². The molecule has 2 fully saturated rings. The van der Waals surface area contributed by atoms with Gasteiger partial charge in [0.05, 0.1) is 11.8 Å². The van der Waals surface area contributed by atoms with Crippen molar-refractivity contribution in [3.63, 3.8) is 0 Å². The van der Waals surface area contributed by atoms with Gasteiger partial charge in [-0.3, -0.25) is 4.79 Å². The molecule has 1 aromatic rings. The Hall–Kier alpha value is -1.36. The van der Waals surface area contributed by atoms with E-state index < -0.39 is 9.84 Å². The summed E-state index contributed by atoms with van der Waals surface area (Å²) >= 11 is 0. The summed E-state index contributed by atoms with van der Waals surface area (Å²) < 4.78 is 23.3. The number of nitrogens with zero attached hydrogens (tertiary/aromatic N) is 1. The van der Waals surface area contributed by atoms with Gasteiger partial charge in [-0.05, 0) is 50.5 Å². The molecule has 1 aromatic carbocycles. The van der Waals surface area contributed by atoms with E-state index in [2.05, 4.69) is 32.0 Å². The Labute approximate surface area is 145 Å². The van der Waals surface area contributed by atoms with Crippen LogP contribution in [-0.4, -0.2) is 37.8 Å². The fourth-order valence-electron chi connectivity index (χ4n) is 4.14. The lowest BCUT2D eigenvalue weighted by Gasteiger charge is -2.27. The highest BCUT2D eigenvalue weighted by atomic mass is 32.2. The number of sulfone groups is 1. The number of likely N-dealkylation sites (tertiary alicyclic amines) is 1. The summed E-state index contributed by atoms with van der Waals surface area (Å²) in [5.41, 5.74) is 3.37. The van der Waals surface area contributed by atoms with E-state index in [1.807, 2.05) is 4.90 Å². The van der Waals surface area contributed by atoms with E-state index in [1.54, 1.807) is 0 Å². The molecule has 1 atom stereocenters. The summed E-state index contributed by atoms with van der Waals surface area (Å²) in [6.45, 7) is 4.96. The zero-order valence-electron chi connectivity index (χ0n) is 14.8. The number of benzene rings is 1. The Kier molecular flexibility index (Phi) is 4.49. The van der Waals surface area contributed by atoms with E-state index in [-0.39, 0.29) is 23.1 Å². The zero-order chi connectivity index (χ0) is 17.5. The lowest BCUT2D eigenvalue weighted by atomic mass is 9.98. The van der Waals surface area contributed by atoms with Gasteiger partial charge in [-0.25, -0.2) is 8.42 Å². The van der Waals surface area contributed by atoms with Gasteiger partial charge < -0.3 is 4.90 Å². The van der Waals surface area contributed by atoms with Gasteiger partial charge in [0.1, 0.15) is 9.84 Å². The largest absolute Gasteiger partial charge is 0.336 e. The first-order valence-electron chi connectivity index (χ1n) is 8.73. The second-order valence-corrected chi connectivity index (χ2v) is 10.1. The first-order valence-corrected chi connectivity index (χ1v) is 10.8. The highest BCUT2D eigenvalue weighted by molar-refractivity contribution is 7.90. The summed E-state index contributed by atoms with van der Waals surface area (Å²) in [6.07, 6.45) is 5.37. The Balaban J connectivity index is 1.74. The molecule has 0 radical (unpaired) electrons. The molecular formula is C19H27NO3S. The third-order valence-electron chi connectivity index (χ3n) is 5.25. The van der Waals surface area contributed by atoms with Crippen molar-refractivity contribution in [2.75, 3.05) is 18.6 Å². The number of rotatable bonds is 5. The molecule has 1 amide bonds. The lowest BCUT2D eigenvalue weighted by molar-refractivity contribution is -0.133. The Morgan fingerprint density at radius 2 is 1.83 bits per heavy atom. The molecule has 0 aromatic heterocycles. The monoisotopic (exact) mass is 349 g/mol. The van der Waals surface area contributed by atoms with Crippen molar-refractivity contribution in [2.45, 2.75) is 52.0 Å². The van der Waals surface area contributed by atoms with Crippen LogP contribution in [0.4, 0.5) is 0 Å². The summed E-state index contributed by atoms with van der Waals surface area (Å²) in [4.78, 5) is 14.9. The number of amides is 1. The molecule has 132 valence electrons. The number of aryl methyl sites for hydroxylation is 2. The van der Waals surface area contributed by atoms with E-state index in [0.717, 1.165) is 32.2 Å². The minimum Gasteiger partial charge on any atom is -0.336 e. The Morgan fingerprint density at radius 3 is 2.38 bits per heavy atom. The van der Waals surface area contributed by atoms with Crippen molar-refractivity contribution in [2.24, 2.45) is 5.41 Å². The SMILES string of the molecule is Cc1cc(C)cc(C2CCCN2C(=O)CC2(CS(C)(=O)=O)CC2)c1. The van der Waals surface area contributed by atoms with Gasteiger partial charge in [-0.15, -0.1) is 0 Å². The van der Waals surface area contributed by atoms with Crippen LogP contribution in [0.1, 0.15) is 54.8 Å². The molecule has 0 bridgehead atoms. The van der Waals surface area contributed by atoms with Crippen LogP contribution >= 0.6 is 0 Å². The van der Waals surface area contributed by atoms with Crippen molar-refractivity contribution in [3.05, 3.63) is 34.9 Å². The van der Waals surface area contributed by atoms with Gasteiger partial charge in [-0.2, -0.15) is 0 Å². The zero-order valence-corrected chi connectivity index (χ0v) is 15.7. The summed E-state index contributed by atoms with van der Waals surface area (Å²) in [5.74, 6) is 0.270. The van der Waals surface area contributed by atoms with E-state index in [1.165, 1.54) is 22.9 Å². The molecule has 3 rings (SSSR count). The second kappa shape index (κ2) is 6.17. The molecule has 1 unspecified atom stereocenters. The van der Waals surface area contributed by atoms with Gasteiger partial charge >= 0.3 is 0 Å². The normalized spacial score (nSPS) is 22.6.